The molecule has 0 aliphatic heterocycles. The fraction of sp³-hybridized carbons (Fsp3) is 0.556. The molecule has 2 bridgehead atoms. The average Bonchev–Trinajstić information content (AvgIpc) is 2.60. The lowest BCUT2D eigenvalue weighted by molar-refractivity contribution is -0.154. The van der Waals surface area contributed by atoms with Crippen LogP contribution in [0.3, 0.4) is 0 Å². The maximum Gasteiger partial charge on any atom is 0.307 e. The third kappa shape index (κ3) is 1.05. The van der Waals surface area contributed by atoms with Crippen molar-refractivity contribution in [2.24, 2.45) is 23.7 Å². The molecule has 0 amide bonds. The number of fused-ring (bicyclic) bond motifs is 2. The summed E-state index contributed by atoms with van der Waals surface area (Å²) in [5.74, 6) is -3.53. The van der Waals surface area contributed by atoms with E-state index >= 15 is 0 Å². The summed E-state index contributed by atoms with van der Waals surface area (Å²) in [6, 6.07) is 0. The van der Waals surface area contributed by atoms with E-state index in [1.54, 1.807) is 0 Å². The Labute approximate surface area is 74.9 Å². The first-order valence-corrected chi connectivity index (χ1v) is 4.25. The zero-order valence-corrected chi connectivity index (χ0v) is 6.88. The van der Waals surface area contributed by atoms with Gasteiger partial charge in [0.05, 0.1) is 11.8 Å². The molecule has 4 heteroatoms. The first-order valence-electron chi connectivity index (χ1n) is 4.25. The summed E-state index contributed by atoms with van der Waals surface area (Å²) in [6.07, 6.45) is 4.36. The van der Waals surface area contributed by atoms with Gasteiger partial charge < -0.3 is 10.2 Å². The van der Waals surface area contributed by atoms with Gasteiger partial charge in [-0.15, -0.1) is 0 Å². The summed E-state index contributed by atoms with van der Waals surface area (Å²) in [4.78, 5) is 21.6. The van der Waals surface area contributed by atoms with Crippen molar-refractivity contribution in [1.29, 1.82) is 0 Å². The second-order valence-corrected chi connectivity index (χ2v) is 3.68. The third-order valence-electron chi connectivity index (χ3n) is 3.03. The minimum Gasteiger partial charge on any atom is -0.481 e. The second-order valence-electron chi connectivity index (χ2n) is 3.68. The third-order valence-corrected chi connectivity index (χ3v) is 3.03. The topological polar surface area (TPSA) is 74.6 Å². The lowest BCUT2D eigenvalue weighted by atomic mass is 9.83. The Bertz CT molecular complexity index is 266. The van der Waals surface area contributed by atoms with E-state index in [1.165, 1.54) is 0 Å². The molecule has 4 atom stereocenters. The molecule has 0 saturated heterocycles. The number of carboxylic acids is 2. The van der Waals surface area contributed by atoms with Gasteiger partial charge in [-0.25, -0.2) is 0 Å². The summed E-state index contributed by atoms with van der Waals surface area (Å²) in [5, 5.41) is 17.7. The monoisotopic (exact) mass is 182 g/mol. The van der Waals surface area contributed by atoms with Crippen LogP contribution in [0.4, 0.5) is 0 Å². The van der Waals surface area contributed by atoms with E-state index in [0.29, 0.717) is 6.42 Å². The normalized spacial score (nSPS) is 40.9. The van der Waals surface area contributed by atoms with Crippen LogP contribution in [0.5, 0.6) is 0 Å². The lowest BCUT2D eigenvalue weighted by Crippen LogP contribution is -2.32. The van der Waals surface area contributed by atoms with Crippen molar-refractivity contribution >= 4 is 11.9 Å². The van der Waals surface area contributed by atoms with E-state index in [2.05, 4.69) is 0 Å². The van der Waals surface area contributed by atoms with Gasteiger partial charge in [0.1, 0.15) is 0 Å². The molecule has 0 aromatic rings. The number of allylic oxidation sites excluding steroid dienone is 2. The van der Waals surface area contributed by atoms with Gasteiger partial charge in [0.25, 0.3) is 0 Å². The minimum absolute atomic E-state index is 0.0661. The van der Waals surface area contributed by atoms with Gasteiger partial charge in [-0.1, -0.05) is 12.2 Å². The number of carbonyl (C=O) groups is 2. The predicted octanol–water partition coefficient (Wildman–Crippen LogP) is 0.594. The molecule has 0 heterocycles. The summed E-state index contributed by atoms with van der Waals surface area (Å²) >= 11 is 0. The van der Waals surface area contributed by atoms with E-state index < -0.39 is 23.8 Å². The first-order chi connectivity index (χ1) is 6.11. The van der Waals surface area contributed by atoms with Gasteiger partial charge in [-0.2, -0.15) is 0 Å². The molecular formula is C9H10O4. The van der Waals surface area contributed by atoms with Gasteiger partial charge in [-0.3, -0.25) is 9.59 Å². The Morgan fingerprint density at radius 2 is 1.38 bits per heavy atom. The highest BCUT2D eigenvalue weighted by molar-refractivity contribution is 5.82. The quantitative estimate of drug-likeness (QED) is 0.613. The van der Waals surface area contributed by atoms with Gasteiger partial charge >= 0.3 is 11.9 Å². The standard InChI is InChI=1S/C9H10O4/c10-8(11)6-4-1-2-5(3-4)7(6)9(12)13/h1-2,4-7H,3H2,(H,10,11)(H,12,13). The molecule has 0 spiro atoms. The highest BCUT2D eigenvalue weighted by Crippen LogP contribution is 2.48. The van der Waals surface area contributed by atoms with Gasteiger partial charge in [-0.05, 0) is 18.3 Å². The Hall–Kier alpha value is -1.32. The minimum atomic E-state index is -0.982. The van der Waals surface area contributed by atoms with Crippen LogP contribution < -0.4 is 0 Å². The first kappa shape index (κ1) is 8.29. The highest BCUT2D eigenvalue weighted by atomic mass is 16.4. The van der Waals surface area contributed by atoms with Crippen molar-refractivity contribution in [2.75, 3.05) is 0 Å². The molecule has 2 rings (SSSR count). The fourth-order valence-corrected chi connectivity index (χ4v) is 2.50. The van der Waals surface area contributed by atoms with Crippen LogP contribution in [0.25, 0.3) is 0 Å². The van der Waals surface area contributed by atoms with E-state index in [4.69, 9.17) is 10.2 Å². The van der Waals surface area contributed by atoms with Gasteiger partial charge in [0.2, 0.25) is 0 Å². The number of hydrogen-bond acceptors (Lipinski definition) is 2. The SMILES string of the molecule is O=C(O)C1C2C=CC(C2)C1C(=O)O. The van der Waals surface area contributed by atoms with Crippen molar-refractivity contribution in [3.05, 3.63) is 12.2 Å². The maximum atomic E-state index is 10.8. The van der Waals surface area contributed by atoms with Gasteiger partial charge in [0.15, 0.2) is 0 Å². The number of aliphatic carboxylic acids is 2. The summed E-state index contributed by atoms with van der Waals surface area (Å²) in [5.41, 5.74) is 0. The van der Waals surface area contributed by atoms with Crippen molar-refractivity contribution in [2.45, 2.75) is 6.42 Å². The van der Waals surface area contributed by atoms with Crippen molar-refractivity contribution < 1.29 is 19.8 Å². The summed E-state index contributed by atoms with van der Waals surface area (Å²) < 4.78 is 0. The Kier molecular flexibility index (Phi) is 1.65. The van der Waals surface area contributed by atoms with E-state index in [0.717, 1.165) is 0 Å². The van der Waals surface area contributed by atoms with Crippen LogP contribution in [-0.4, -0.2) is 22.2 Å². The summed E-state index contributed by atoms with van der Waals surface area (Å²) in [7, 11) is 0. The zero-order chi connectivity index (χ0) is 9.59. The molecule has 2 N–H and O–H groups in total. The highest BCUT2D eigenvalue weighted by Gasteiger charge is 2.51. The fourth-order valence-electron chi connectivity index (χ4n) is 2.50. The molecule has 1 fully saturated rings. The molecule has 2 aliphatic carbocycles. The molecule has 13 heavy (non-hydrogen) atoms. The molecule has 0 aromatic heterocycles. The predicted molar refractivity (Wildman–Crippen MR) is 43.0 cm³/mol. The van der Waals surface area contributed by atoms with Crippen LogP contribution in [0.1, 0.15) is 6.42 Å². The van der Waals surface area contributed by atoms with E-state index in [-0.39, 0.29) is 11.8 Å². The molecule has 70 valence electrons. The molecule has 2 aliphatic rings. The van der Waals surface area contributed by atoms with Crippen LogP contribution in [0.2, 0.25) is 0 Å². The number of hydrogen-bond donors (Lipinski definition) is 2. The Morgan fingerprint density at radius 3 is 1.69 bits per heavy atom. The molecule has 1 saturated carbocycles. The number of carboxylic acid groups (broad SMARTS) is 2. The second kappa shape index (κ2) is 2.58. The smallest absolute Gasteiger partial charge is 0.307 e. The molecule has 4 nitrogen and oxygen atoms in total. The zero-order valence-electron chi connectivity index (χ0n) is 6.88. The molecule has 0 radical (unpaired) electrons. The van der Waals surface area contributed by atoms with Crippen LogP contribution in [0, 0.1) is 23.7 Å². The molecular weight excluding hydrogens is 172 g/mol. The van der Waals surface area contributed by atoms with Crippen molar-refractivity contribution in [1.82, 2.24) is 0 Å². The van der Waals surface area contributed by atoms with E-state index in [1.807, 2.05) is 12.2 Å². The van der Waals surface area contributed by atoms with Gasteiger partial charge in [0, 0.05) is 0 Å². The Balaban J connectivity index is 2.30. The van der Waals surface area contributed by atoms with Crippen molar-refractivity contribution in [3.63, 3.8) is 0 Å². The van der Waals surface area contributed by atoms with Crippen LogP contribution in [-0.2, 0) is 9.59 Å². The Morgan fingerprint density at radius 1 is 1.00 bits per heavy atom. The average molecular weight is 182 g/mol. The molecule has 0 aromatic carbocycles. The van der Waals surface area contributed by atoms with E-state index in [9.17, 15) is 9.59 Å². The largest absolute Gasteiger partial charge is 0.481 e. The summed E-state index contributed by atoms with van der Waals surface area (Å²) in [6.45, 7) is 0. The lowest BCUT2D eigenvalue weighted by Gasteiger charge is -2.20. The molecule has 4 unspecified atom stereocenters. The van der Waals surface area contributed by atoms with Crippen LogP contribution >= 0.6 is 0 Å². The van der Waals surface area contributed by atoms with Crippen molar-refractivity contribution in [3.8, 4) is 0 Å². The maximum absolute atomic E-state index is 10.8. The van der Waals surface area contributed by atoms with Crippen LogP contribution in [0.15, 0.2) is 12.2 Å². The number of rotatable bonds is 2.